The third-order valence-corrected chi connectivity index (χ3v) is 3.53. The van der Waals surface area contributed by atoms with E-state index in [1.54, 1.807) is 17.1 Å². The number of aryl methyl sites for hydroxylation is 1. The van der Waals surface area contributed by atoms with Gasteiger partial charge in [-0.25, -0.2) is 4.68 Å². The molecule has 6 heteroatoms. The van der Waals surface area contributed by atoms with Gasteiger partial charge in [0.25, 0.3) is 0 Å². The first-order chi connectivity index (χ1) is 10.7. The van der Waals surface area contributed by atoms with Gasteiger partial charge in [-0.05, 0) is 30.7 Å². The molecule has 0 saturated heterocycles. The lowest BCUT2D eigenvalue weighted by atomic mass is 10.1. The summed E-state index contributed by atoms with van der Waals surface area (Å²) < 4.78 is 1.75. The minimum absolute atomic E-state index is 0.0177. The zero-order chi connectivity index (χ0) is 15.4. The zero-order valence-electron chi connectivity index (χ0n) is 12.3. The number of fused-ring (bicyclic) bond motifs is 1. The minimum Gasteiger partial charge on any atom is -0.349 e. The Morgan fingerprint density at radius 2 is 2.14 bits per heavy atom. The molecule has 0 radical (unpaired) electrons. The summed E-state index contributed by atoms with van der Waals surface area (Å²) in [5.41, 5.74) is 2.77. The van der Waals surface area contributed by atoms with Crippen molar-refractivity contribution in [1.82, 2.24) is 25.3 Å². The molecule has 3 aromatic rings. The standard InChI is InChI=1S/C16H17N5O/c1-12(13-5-4-9-17-11-13)18-16(22)8-10-21-15-7-3-2-6-14(15)19-20-21/h2-7,9,11-12H,8,10H2,1H3,(H,18,22)/t12-/m0/s1. The molecule has 112 valence electrons. The number of carbonyl (C=O) groups is 1. The van der Waals surface area contributed by atoms with Crippen LogP contribution in [0.25, 0.3) is 11.0 Å². The van der Waals surface area contributed by atoms with Crippen LogP contribution in [0.5, 0.6) is 0 Å². The lowest BCUT2D eigenvalue weighted by Crippen LogP contribution is -2.27. The Morgan fingerprint density at radius 1 is 1.27 bits per heavy atom. The largest absolute Gasteiger partial charge is 0.349 e. The van der Waals surface area contributed by atoms with Crippen molar-refractivity contribution < 1.29 is 4.79 Å². The third-order valence-electron chi connectivity index (χ3n) is 3.53. The van der Waals surface area contributed by atoms with Crippen LogP contribution in [-0.2, 0) is 11.3 Å². The summed E-state index contributed by atoms with van der Waals surface area (Å²) in [6, 6.07) is 11.5. The average Bonchev–Trinajstić information content (AvgIpc) is 2.97. The monoisotopic (exact) mass is 295 g/mol. The van der Waals surface area contributed by atoms with Crippen LogP contribution in [0.1, 0.15) is 24.9 Å². The van der Waals surface area contributed by atoms with E-state index in [9.17, 15) is 4.79 Å². The highest BCUT2D eigenvalue weighted by molar-refractivity contribution is 5.77. The SMILES string of the molecule is C[C@H](NC(=O)CCn1nnc2ccccc21)c1cccnc1. The molecule has 0 unspecified atom stereocenters. The lowest BCUT2D eigenvalue weighted by molar-refractivity contribution is -0.122. The highest BCUT2D eigenvalue weighted by atomic mass is 16.1. The third kappa shape index (κ3) is 3.11. The van der Waals surface area contributed by atoms with Gasteiger partial charge in [0.05, 0.1) is 18.1 Å². The maximum atomic E-state index is 12.1. The second kappa shape index (κ2) is 6.34. The summed E-state index contributed by atoms with van der Waals surface area (Å²) in [5.74, 6) is -0.0177. The summed E-state index contributed by atoms with van der Waals surface area (Å²) in [4.78, 5) is 16.1. The van der Waals surface area contributed by atoms with Gasteiger partial charge >= 0.3 is 0 Å². The fraction of sp³-hybridized carbons (Fsp3) is 0.250. The van der Waals surface area contributed by atoms with E-state index < -0.39 is 0 Å². The second-order valence-corrected chi connectivity index (χ2v) is 5.13. The van der Waals surface area contributed by atoms with Crippen LogP contribution in [0.2, 0.25) is 0 Å². The Balaban J connectivity index is 1.58. The van der Waals surface area contributed by atoms with Crippen LogP contribution < -0.4 is 5.32 Å². The molecule has 0 fully saturated rings. The minimum atomic E-state index is -0.0614. The van der Waals surface area contributed by atoms with Gasteiger partial charge in [0, 0.05) is 18.8 Å². The van der Waals surface area contributed by atoms with Gasteiger partial charge in [0.2, 0.25) is 5.91 Å². The maximum Gasteiger partial charge on any atom is 0.222 e. The van der Waals surface area contributed by atoms with E-state index in [0.29, 0.717) is 13.0 Å². The second-order valence-electron chi connectivity index (χ2n) is 5.13. The summed E-state index contributed by atoms with van der Waals surface area (Å²) in [5, 5.41) is 11.1. The van der Waals surface area contributed by atoms with Gasteiger partial charge in [0.1, 0.15) is 5.52 Å². The van der Waals surface area contributed by atoms with E-state index in [2.05, 4.69) is 20.6 Å². The highest BCUT2D eigenvalue weighted by Crippen LogP contribution is 2.12. The molecule has 1 aromatic carbocycles. The summed E-state index contributed by atoms with van der Waals surface area (Å²) in [7, 11) is 0. The lowest BCUT2D eigenvalue weighted by Gasteiger charge is -2.13. The molecule has 0 aliphatic rings. The van der Waals surface area contributed by atoms with E-state index in [0.717, 1.165) is 16.6 Å². The van der Waals surface area contributed by atoms with Gasteiger partial charge in [0.15, 0.2) is 0 Å². The Bertz CT molecular complexity index is 768. The van der Waals surface area contributed by atoms with E-state index in [1.165, 1.54) is 0 Å². The number of hydrogen-bond donors (Lipinski definition) is 1. The van der Waals surface area contributed by atoms with Crippen LogP contribution in [-0.4, -0.2) is 25.9 Å². The molecule has 0 spiro atoms. The highest BCUT2D eigenvalue weighted by Gasteiger charge is 2.11. The van der Waals surface area contributed by atoms with Crippen LogP contribution >= 0.6 is 0 Å². The van der Waals surface area contributed by atoms with Crippen LogP contribution in [0, 0.1) is 0 Å². The van der Waals surface area contributed by atoms with Crippen molar-refractivity contribution >= 4 is 16.9 Å². The van der Waals surface area contributed by atoms with Crippen LogP contribution in [0.3, 0.4) is 0 Å². The van der Waals surface area contributed by atoms with Gasteiger partial charge in [-0.2, -0.15) is 0 Å². The predicted molar refractivity (Wildman–Crippen MR) is 82.9 cm³/mol. The van der Waals surface area contributed by atoms with Crippen molar-refractivity contribution in [2.45, 2.75) is 25.9 Å². The number of aromatic nitrogens is 4. The molecular formula is C16H17N5O. The molecule has 1 atom stereocenters. The number of nitrogens with one attached hydrogen (secondary N) is 1. The fourth-order valence-corrected chi connectivity index (χ4v) is 2.32. The molecule has 1 N–H and O–H groups in total. The Morgan fingerprint density at radius 3 is 2.95 bits per heavy atom. The quantitative estimate of drug-likeness (QED) is 0.782. The Kier molecular flexibility index (Phi) is 4.09. The number of carbonyl (C=O) groups excluding carboxylic acids is 1. The first kappa shape index (κ1) is 14.2. The van der Waals surface area contributed by atoms with Crippen molar-refractivity contribution in [2.75, 3.05) is 0 Å². The summed E-state index contributed by atoms with van der Waals surface area (Å²) in [6.45, 7) is 2.45. The number of para-hydroxylation sites is 1. The normalized spacial score (nSPS) is 12.2. The number of benzene rings is 1. The van der Waals surface area contributed by atoms with E-state index >= 15 is 0 Å². The van der Waals surface area contributed by atoms with Crippen molar-refractivity contribution in [3.05, 3.63) is 54.4 Å². The fourth-order valence-electron chi connectivity index (χ4n) is 2.32. The van der Waals surface area contributed by atoms with Gasteiger partial charge in [-0.15, -0.1) is 5.10 Å². The molecule has 22 heavy (non-hydrogen) atoms. The molecule has 3 rings (SSSR count). The first-order valence-corrected chi connectivity index (χ1v) is 7.21. The molecule has 2 heterocycles. The molecule has 0 bridgehead atoms. The van der Waals surface area contributed by atoms with Gasteiger partial charge < -0.3 is 5.32 Å². The summed E-state index contributed by atoms with van der Waals surface area (Å²) >= 11 is 0. The number of hydrogen-bond acceptors (Lipinski definition) is 4. The first-order valence-electron chi connectivity index (χ1n) is 7.21. The predicted octanol–water partition coefficient (Wildman–Crippen LogP) is 2.09. The van der Waals surface area contributed by atoms with Crippen molar-refractivity contribution in [2.24, 2.45) is 0 Å². The maximum absolute atomic E-state index is 12.1. The smallest absolute Gasteiger partial charge is 0.222 e. The van der Waals surface area contributed by atoms with Crippen LogP contribution in [0.4, 0.5) is 0 Å². The van der Waals surface area contributed by atoms with Gasteiger partial charge in [-0.3, -0.25) is 9.78 Å². The van der Waals surface area contributed by atoms with E-state index in [-0.39, 0.29) is 11.9 Å². The Labute approximate surface area is 128 Å². The van der Waals surface area contributed by atoms with Crippen molar-refractivity contribution in [1.29, 1.82) is 0 Å². The molecule has 2 aromatic heterocycles. The number of rotatable bonds is 5. The molecule has 0 aliphatic carbocycles. The molecule has 6 nitrogen and oxygen atoms in total. The molecule has 1 amide bonds. The average molecular weight is 295 g/mol. The zero-order valence-corrected chi connectivity index (χ0v) is 12.3. The van der Waals surface area contributed by atoms with Crippen LogP contribution in [0.15, 0.2) is 48.8 Å². The molecular weight excluding hydrogens is 278 g/mol. The van der Waals surface area contributed by atoms with Crippen molar-refractivity contribution in [3.8, 4) is 0 Å². The molecule has 0 saturated carbocycles. The van der Waals surface area contributed by atoms with Crippen molar-refractivity contribution in [3.63, 3.8) is 0 Å². The van der Waals surface area contributed by atoms with E-state index in [1.807, 2.05) is 43.3 Å². The summed E-state index contributed by atoms with van der Waals surface area (Å²) in [6.07, 6.45) is 3.84. The number of nitrogens with zero attached hydrogens (tertiary/aromatic N) is 4. The molecule has 0 aliphatic heterocycles. The number of pyridine rings is 1. The topological polar surface area (TPSA) is 72.7 Å². The van der Waals surface area contributed by atoms with Gasteiger partial charge in [-0.1, -0.05) is 23.4 Å². The Hall–Kier alpha value is -2.76. The number of amides is 1. The van der Waals surface area contributed by atoms with E-state index in [4.69, 9.17) is 0 Å².